The van der Waals surface area contributed by atoms with Gasteiger partial charge in [-0.3, -0.25) is 4.79 Å². The highest BCUT2D eigenvalue weighted by molar-refractivity contribution is 5.83. The average Bonchev–Trinajstić information content (AvgIpc) is 2.71. The number of carbonyl (C=O) groups excluding carboxylic acids is 2. The quantitative estimate of drug-likeness (QED) is 0.546. The monoisotopic (exact) mass is 425 g/mol. The van der Waals surface area contributed by atoms with E-state index in [1.54, 1.807) is 18.2 Å². The molecule has 7 nitrogen and oxygen atoms in total. The lowest BCUT2D eigenvalue weighted by Gasteiger charge is -2.12. The van der Waals surface area contributed by atoms with Crippen molar-refractivity contribution in [3.05, 3.63) is 59.4 Å². The molecule has 0 atom stereocenters. The van der Waals surface area contributed by atoms with Crippen LogP contribution in [0.2, 0.25) is 0 Å². The van der Waals surface area contributed by atoms with Crippen molar-refractivity contribution in [2.45, 2.75) is 19.6 Å². The first-order valence-electron chi connectivity index (χ1n) is 9.02. The zero-order valence-corrected chi connectivity index (χ0v) is 16.2. The maximum atomic E-state index is 12.8. The number of rotatable bonds is 10. The molecular weight excluding hydrogens is 403 g/mol. The highest BCUT2D eigenvalue weighted by Crippen LogP contribution is 2.29. The van der Waals surface area contributed by atoms with Crippen LogP contribution in [-0.4, -0.2) is 38.7 Å². The number of ether oxygens (including phenoxy) is 2. The molecule has 0 bridgehead atoms. The van der Waals surface area contributed by atoms with Crippen molar-refractivity contribution in [2.24, 2.45) is 0 Å². The number of benzene rings is 2. The van der Waals surface area contributed by atoms with Crippen LogP contribution in [0.15, 0.2) is 42.5 Å². The van der Waals surface area contributed by atoms with Gasteiger partial charge < -0.3 is 25.4 Å². The van der Waals surface area contributed by atoms with Crippen LogP contribution < -0.4 is 25.4 Å². The van der Waals surface area contributed by atoms with Gasteiger partial charge in [-0.15, -0.1) is 0 Å². The molecular formula is C20H22F3N3O4. The molecule has 2 aromatic carbocycles. The number of amides is 3. The fourth-order valence-corrected chi connectivity index (χ4v) is 2.48. The van der Waals surface area contributed by atoms with E-state index in [0.717, 1.165) is 0 Å². The molecule has 0 radical (unpaired) electrons. The molecule has 3 N–H and O–H groups in total. The van der Waals surface area contributed by atoms with Gasteiger partial charge in [-0.25, -0.2) is 9.18 Å². The number of hydrogen-bond donors (Lipinski definition) is 3. The third kappa shape index (κ3) is 7.90. The first kappa shape index (κ1) is 22.9. The first-order chi connectivity index (χ1) is 14.4. The highest BCUT2D eigenvalue weighted by atomic mass is 19.3. The van der Waals surface area contributed by atoms with Gasteiger partial charge in [-0.2, -0.15) is 8.78 Å². The van der Waals surface area contributed by atoms with Crippen molar-refractivity contribution in [3.63, 3.8) is 0 Å². The second kappa shape index (κ2) is 11.5. The van der Waals surface area contributed by atoms with Gasteiger partial charge in [0, 0.05) is 13.1 Å². The molecule has 0 saturated carbocycles. The van der Waals surface area contributed by atoms with E-state index in [0.29, 0.717) is 17.5 Å². The Hall–Kier alpha value is -3.43. The highest BCUT2D eigenvalue weighted by Gasteiger charge is 2.11. The Kier molecular flexibility index (Phi) is 8.79. The second-order valence-electron chi connectivity index (χ2n) is 6.13. The number of urea groups is 1. The van der Waals surface area contributed by atoms with E-state index in [-0.39, 0.29) is 37.0 Å². The molecule has 0 spiro atoms. The standard InChI is InChI=1S/C20H22F3N3O4/c1-29-16-7-4-13(10-17(16)30-19(22)23)8-9-24-18(27)12-26-20(28)25-11-14-2-5-15(21)6-3-14/h2-7,10,19H,8-9,11-12H2,1H3,(H,24,27)(H2,25,26,28). The number of halogens is 3. The maximum absolute atomic E-state index is 12.8. The topological polar surface area (TPSA) is 88.7 Å². The van der Waals surface area contributed by atoms with E-state index >= 15 is 0 Å². The van der Waals surface area contributed by atoms with Gasteiger partial charge in [0.2, 0.25) is 5.91 Å². The number of hydrogen-bond acceptors (Lipinski definition) is 4. The summed E-state index contributed by atoms with van der Waals surface area (Å²) < 4.78 is 47.1. The normalized spacial score (nSPS) is 10.4. The molecule has 0 unspecified atom stereocenters. The molecule has 2 aromatic rings. The average molecular weight is 425 g/mol. The van der Waals surface area contributed by atoms with Crippen LogP contribution in [0.1, 0.15) is 11.1 Å². The minimum absolute atomic E-state index is 0.0872. The van der Waals surface area contributed by atoms with E-state index in [2.05, 4.69) is 20.7 Å². The molecule has 2 rings (SSSR count). The predicted molar refractivity (Wildman–Crippen MR) is 103 cm³/mol. The third-order valence-electron chi connectivity index (χ3n) is 3.96. The fourth-order valence-electron chi connectivity index (χ4n) is 2.48. The molecule has 0 aliphatic heterocycles. The maximum Gasteiger partial charge on any atom is 0.387 e. The zero-order valence-electron chi connectivity index (χ0n) is 16.2. The zero-order chi connectivity index (χ0) is 21.9. The lowest BCUT2D eigenvalue weighted by atomic mass is 10.1. The van der Waals surface area contributed by atoms with Crippen LogP contribution >= 0.6 is 0 Å². The molecule has 0 aliphatic carbocycles. The van der Waals surface area contributed by atoms with Crippen molar-refractivity contribution in [1.29, 1.82) is 0 Å². The summed E-state index contributed by atoms with van der Waals surface area (Å²) in [4.78, 5) is 23.5. The Labute approximate surface area is 171 Å². The van der Waals surface area contributed by atoms with E-state index < -0.39 is 18.5 Å². The van der Waals surface area contributed by atoms with Gasteiger partial charge in [0.05, 0.1) is 13.7 Å². The Morgan fingerprint density at radius 3 is 2.33 bits per heavy atom. The number of carbonyl (C=O) groups is 2. The number of nitrogens with one attached hydrogen (secondary N) is 3. The van der Waals surface area contributed by atoms with Gasteiger partial charge in [-0.05, 0) is 41.8 Å². The third-order valence-corrected chi connectivity index (χ3v) is 3.96. The Bertz CT molecular complexity index is 848. The largest absolute Gasteiger partial charge is 0.493 e. The van der Waals surface area contributed by atoms with Crippen LogP contribution in [-0.2, 0) is 17.8 Å². The number of alkyl halides is 2. The van der Waals surface area contributed by atoms with Crippen LogP contribution in [0.4, 0.5) is 18.0 Å². The van der Waals surface area contributed by atoms with Gasteiger partial charge in [0.25, 0.3) is 0 Å². The molecule has 0 saturated heterocycles. The summed E-state index contributed by atoms with van der Waals surface area (Å²) >= 11 is 0. The SMILES string of the molecule is COc1ccc(CCNC(=O)CNC(=O)NCc2ccc(F)cc2)cc1OC(F)F. The molecule has 0 aliphatic rings. The van der Waals surface area contributed by atoms with E-state index in [1.807, 2.05) is 0 Å². The van der Waals surface area contributed by atoms with Gasteiger partial charge in [0.1, 0.15) is 5.82 Å². The van der Waals surface area contributed by atoms with Crippen molar-refractivity contribution >= 4 is 11.9 Å². The van der Waals surface area contributed by atoms with E-state index in [1.165, 1.54) is 31.4 Å². The lowest BCUT2D eigenvalue weighted by molar-refractivity contribution is -0.120. The summed E-state index contributed by atoms with van der Waals surface area (Å²) in [6.45, 7) is -2.79. The summed E-state index contributed by atoms with van der Waals surface area (Å²) in [5.41, 5.74) is 1.38. The van der Waals surface area contributed by atoms with Gasteiger partial charge in [0.15, 0.2) is 11.5 Å². The summed E-state index contributed by atoms with van der Waals surface area (Å²) in [5.74, 6) is -0.688. The van der Waals surface area contributed by atoms with E-state index in [9.17, 15) is 22.8 Å². The van der Waals surface area contributed by atoms with Crippen molar-refractivity contribution < 1.29 is 32.2 Å². The van der Waals surface area contributed by atoms with Crippen molar-refractivity contribution in [2.75, 3.05) is 20.2 Å². The summed E-state index contributed by atoms with van der Waals surface area (Å²) in [6, 6.07) is 9.70. The molecule has 10 heteroatoms. The minimum Gasteiger partial charge on any atom is -0.493 e. The molecule has 0 aromatic heterocycles. The predicted octanol–water partition coefficient (Wildman–Crippen LogP) is 2.59. The van der Waals surface area contributed by atoms with Gasteiger partial charge in [-0.1, -0.05) is 18.2 Å². The van der Waals surface area contributed by atoms with Crippen molar-refractivity contribution in [3.8, 4) is 11.5 Å². The number of methoxy groups -OCH3 is 1. The Morgan fingerprint density at radius 1 is 0.967 bits per heavy atom. The molecule has 0 fully saturated rings. The van der Waals surface area contributed by atoms with Crippen LogP contribution in [0, 0.1) is 5.82 Å². The summed E-state index contributed by atoms with van der Waals surface area (Å²) in [7, 11) is 1.34. The van der Waals surface area contributed by atoms with E-state index in [4.69, 9.17) is 4.74 Å². The summed E-state index contributed by atoms with van der Waals surface area (Å²) in [5, 5.41) is 7.56. The fraction of sp³-hybridized carbons (Fsp3) is 0.300. The molecule has 162 valence electrons. The Morgan fingerprint density at radius 2 is 1.67 bits per heavy atom. The first-order valence-corrected chi connectivity index (χ1v) is 9.02. The summed E-state index contributed by atoms with van der Waals surface area (Å²) in [6.07, 6.45) is 0.367. The molecule has 0 heterocycles. The van der Waals surface area contributed by atoms with Gasteiger partial charge >= 0.3 is 12.6 Å². The Balaban J connectivity index is 1.69. The minimum atomic E-state index is -2.98. The smallest absolute Gasteiger partial charge is 0.387 e. The second-order valence-corrected chi connectivity index (χ2v) is 6.13. The molecule has 3 amide bonds. The van der Waals surface area contributed by atoms with Crippen LogP contribution in [0.25, 0.3) is 0 Å². The lowest BCUT2D eigenvalue weighted by Crippen LogP contribution is -2.42. The molecule has 30 heavy (non-hydrogen) atoms. The van der Waals surface area contributed by atoms with Crippen LogP contribution in [0.5, 0.6) is 11.5 Å². The van der Waals surface area contributed by atoms with Crippen molar-refractivity contribution in [1.82, 2.24) is 16.0 Å². The van der Waals surface area contributed by atoms with Crippen LogP contribution in [0.3, 0.4) is 0 Å².